The van der Waals surface area contributed by atoms with Crippen molar-refractivity contribution in [2.24, 2.45) is 5.92 Å². The van der Waals surface area contributed by atoms with Crippen molar-refractivity contribution in [1.82, 2.24) is 14.3 Å². The summed E-state index contributed by atoms with van der Waals surface area (Å²) in [6.07, 6.45) is 1.79. The Labute approximate surface area is 260 Å². The average Bonchev–Trinajstić information content (AvgIpc) is 3.55. The predicted molar refractivity (Wildman–Crippen MR) is 169 cm³/mol. The van der Waals surface area contributed by atoms with Crippen LogP contribution in [0.4, 0.5) is 4.79 Å². The van der Waals surface area contributed by atoms with Gasteiger partial charge in [-0.1, -0.05) is 81.3 Å². The molecule has 2 aromatic heterocycles. The molecule has 12 heteroatoms. The van der Waals surface area contributed by atoms with E-state index in [1.54, 1.807) is 22.8 Å². The Morgan fingerprint density at radius 2 is 1.88 bits per heavy atom. The maximum atomic E-state index is 13.3. The number of unbranched alkanes of at least 4 members (excludes halogenated alkanes) is 1. The summed E-state index contributed by atoms with van der Waals surface area (Å²) in [4.78, 5) is 29.7. The number of imidazole rings is 1. The molecule has 0 saturated carbocycles. The lowest BCUT2D eigenvalue weighted by molar-refractivity contribution is 0.111. The Morgan fingerprint density at radius 1 is 1.14 bits per heavy atom. The van der Waals surface area contributed by atoms with Gasteiger partial charge in [-0.05, 0) is 42.0 Å². The molecule has 4 rings (SSSR count). The van der Waals surface area contributed by atoms with Crippen molar-refractivity contribution in [3.05, 3.63) is 75.8 Å². The number of ether oxygens (including phenoxy) is 2. The Balaban J connectivity index is 1.71. The number of aldehydes is 1. The van der Waals surface area contributed by atoms with Crippen LogP contribution in [0.25, 0.3) is 22.5 Å². The Bertz CT molecular complexity index is 1700. The van der Waals surface area contributed by atoms with Gasteiger partial charge in [0, 0.05) is 21.0 Å². The lowest BCUT2D eigenvalue weighted by Crippen LogP contribution is -2.31. The van der Waals surface area contributed by atoms with Crippen LogP contribution in [0, 0.1) is 5.92 Å². The molecule has 4 aromatic rings. The zero-order chi connectivity index (χ0) is 31.1. The molecule has 0 saturated heterocycles. The van der Waals surface area contributed by atoms with E-state index in [0.717, 1.165) is 28.2 Å². The molecule has 0 aliphatic carbocycles. The first-order chi connectivity index (χ1) is 20.6. The van der Waals surface area contributed by atoms with Gasteiger partial charge in [0.2, 0.25) is 5.88 Å². The summed E-state index contributed by atoms with van der Waals surface area (Å²) < 4.78 is 40.9. The molecule has 2 aromatic carbocycles. The molecule has 228 valence electrons. The number of carbonyl (C=O) groups is 2. The van der Waals surface area contributed by atoms with Crippen molar-refractivity contribution in [2.75, 3.05) is 13.7 Å². The standard InChI is InChI=1S/C31H34ClN3O6S2/c1-5-6-14-41-31(37)34-43(38,39)30-25(17-24(42-30)15-20(2)3)22-12-13-23(26(32)16-22)18-35-27(19-36)29(40-4)33-28(35)21-10-8-7-9-11-21/h7-13,16-17,19-20H,5-6,14-15,18H2,1-4H3,(H,34,37). The van der Waals surface area contributed by atoms with Gasteiger partial charge in [-0.3, -0.25) is 4.79 Å². The van der Waals surface area contributed by atoms with Gasteiger partial charge in [-0.15, -0.1) is 11.3 Å². The number of benzene rings is 2. The van der Waals surface area contributed by atoms with Crippen molar-refractivity contribution in [3.8, 4) is 28.4 Å². The van der Waals surface area contributed by atoms with E-state index in [-0.39, 0.29) is 34.9 Å². The normalized spacial score (nSPS) is 11.5. The number of nitrogens with zero attached hydrogens (tertiary/aromatic N) is 2. The zero-order valence-electron chi connectivity index (χ0n) is 24.4. The zero-order valence-corrected chi connectivity index (χ0v) is 26.8. The number of hydrogen-bond acceptors (Lipinski definition) is 8. The van der Waals surface area contributed by atoms with Gasteiger partial charge >= 0.3 is 6.09 Å². The van der Waals surface area contributed by atoms with E-state index in [4.69, 9.17) is 21.1 Å². The van der Waals surface area contributed by atoms with Gasteiger partial charge in [0.25, 0.3) is 10.0 Å². The highest BCUT2D eigenvalue weighted by Crippen LogP contribution is 2.38. The third-order valence-electron chi connectivity index (χ3n) is 6.55. The highest BCUT2D eigenvalue weighted by molar-refractivity contribution is 7.92. The molecule has 9 nitrogen and oxygen atoms in total. The lowest BCUT2D eigenvalue weighted by Gasteiger charge is -2.13. The van der Waals surface area contributed by atoms with Crippen LogP contribution < -0.4 is 9.46 Å². The summed E-state index contributed by atoms with van der Waals surface area (Å²) in [7, 11) is -2.77. The van der Waals surface area contributed by atoms with Crippen molar-refractivity contribution in [1.29, 1.82) is 0 Å². The molecule has 0 aliphatic heterocycles. The first-order valence-corrected chi connectivity index (χ1v) is 16.5. The SMILES string of the molecule is CCCCOC(=O)NS(=O)(=O)c1sc(CC(C)C)cc1-c1ccc(Cn2c(-c3ccccc3)nc(OC)c2C=O)c(Cl)c1. The molecule has 0 aliphatic rings. The molecule has 0 spiro atoms. The van der Waals surface area contributed by atoms with Crippen LogP contribution in [0.1, 0.15) is 54.5 Å². The van der Waals surface area contributed by atoms with E-state index in [1.165, 1.54) is 7.11 Å². The number of rotatable bonds is 13. The van der Waals surface area contributed by atoms with Crippen LogP contribution in [0.15, 0.2) is 58.8 Å². The van der Waals surface area contributed by atoms with Crippen LogP contribution in [-0.2, 0) is 27.7 Å². The number of amides is 1. The molecular weight excluding hydrogens is 610 g/mol. The topological polar surface area (TPSA) is 117 Å². The Kier molecular flexibility index (Phi) is 10.6. The van der Waals surface area contributed by atoms with Crippen LogP contribution in [-0.4, -0.2) is 44.1 Å². The Hall–Kier alpha value is -3.67. The second-order valence-electron chi connectivity index (χ2n) is 10.3. The van der Waals surface area contributed by atoms with E-state index < -0.39 is 16.1 Å². The highest BCUT2D eigenvalue weighted by atomic mass is 35.5. The second-order valence-corrected chi connectivity index (χ2v) is 13.7. The van der Waals surface area contributed by atoms with Gasteiger partial charge in [0.1, 0.15) is 15.7 Å². The van der Waals surface area contributed by atoms with Gasteiger partial charge in [0.15, 0.2) is 6.29 Å². The van der Waals surface area contributed by atoms with E-state index in [0.29, 0.717) is 46.7 Å². The number of methoxy groups -OCH3 is 1. The van der Waals surface area contributed by atoms with E-state index >= 15 is 0 Å². The van der Waals surface area contributed by atoms with Crippen molar-refractivity contribution in [3.63, 3.8) is 0 Å². The van der Waals surface area contributed by atoms with E-state index in [2.05, 4.69) is 4.98 Å². The summed E-state index contributed by atoms with van der Waals surface area (Å²) in [5, 5.41) is 0.368. The van der Waals surface area contributed by atoms with Crippen LogP contribution >= 0.6 is 22.9 Å². The van der Waals surface area contributed by atoms with Gasteiger partial charge in [-0.2, -0.15) is 4.98 Å². The fourth-order valence-corrected chi connectivity index (χ4v) is 7.59. The largest absolute Gasteiger partial charge is 0.479 e. The molecule has 0 atom stereocenters. The van der Waals surface area contributed by atoms with Crippen LogP contribution in [0.3, 0.4) is 0 Å². The van der Waals surface area contributed by atoms with Gasteiger partial charge in [-0.25, -0.2) is 17.9 Å². The average molecular weight is 644 g/mol. The molecule has 0 unspecified atom stereocenters. The van der Waals surface area contributed by atoms with Crippen molar-refractivity contribution >= 4 is 45.3 Å². The molecule has 0 radical (unpaired) electrons. The van der Waals surface area contributed by atoms with E-state index in [9.17, 15) is 18.0 Å². The predicted octanol–water partition coefficient (Wildman–Crippen LogP) is 7.21. The number of carbonyl (C=O) groups excluding carboxylic acids is 2. The lowest BCUT2D eigenvalue weighted by atomic mass is 10.0. The number of halogens is 1. The van der Waals surface area contributed by atoms with Gasteiger partial charge < -0.3 is 14.0 Å². The summed E-state index contributed by atoms with van der Waals surface area (Å²) in [6.45, 7) is 6.38. The highest BCUT2D eigenvalue weighted by Gasteiger charge is 2.27. The number of nitrogens with one attached hydrogen (secondary N) is 1. The minimum absolute atomic E-state index is 0.00774. The maximum absolute atomic E-state index is 13.3. The number of hydrogen-bond donors (Lipinski definition) is 1. The molecule has 43 heavy (non-hydrogen) atoms. The minimum atomic E-state index is -4.22. The maximum Gasteiger partial charge on any atom is 0.421 e. The molecule has 2 heterocycles. The first-order valence-electron chi connectivity index (χ1n) is 13.8. The fraction of sp³-hybridized carbons (Fsp3) is 0.323. The first kappa shape index (κ1) is 32.2. The van der Waals surface area contributed by atoms with Gasteiger partial charge in [0.05, 0.1) is 20.3 Å². The fourth-order valence-electron chi connectivity index (χ4n) is 4.51. The van der Waals surface area contributed by atoms with Crippen molar-refractivity contribution < 1.29 is 27.5 Å². The van der Waals surface area contributed by atoms with Crippen molar-refractivity contribution in [2.45, 2.75) is 50.8 Å². The summed E-state index contributed by atoms with van der Waals surface area (Å²) in [5.41, 5.74) is 2.76. The van der Waals surface area contributed by atoms with Crippen LogP contribution in [0.5, 0.6) is 5.88 Å². The molecule has 1 amide bonds. The summed E-state index contributed by atoms with van der Waals surface area (Å²) in [6, 6.07) is 16.5. The third-order valence-corrected chi connectivity index (χ3v) is 9.91. The number of aromatic nitrogens is 2. The summed E-state index contributed by atoms with van der Waals surface area (Å²) in [5.74, 6) is 1.03. The minimum Gasteiger partial charge on any atom is -0.479 e. The number of thiophene rings is 1. The number of sulfonamides is 1. The Morgan fingerprint density at radius 3 is 2.51 bits per heavy atom. The second kappa shape index (κ2) is 14.2. The molecular formula is C31H34ClN3O6S2. The smallest absolute Gasteiger partial charge is 0.421 e. The summed E-state index contributed by atoms with van der Waals surface area (Å²) >= 11 is 7.90. The molecule has 0 bridgehead atoms. The quantitative estimate of drug-likeness (QED) is 0.121. The molecule has 1 N–H and O–H groups in total. The third kappa shape index (κ3) is 7.65. The van der Waals surface area contributed by atoms with E-state index in [1.807, 2.05) is 61.9 Å². The monoisotopic (exact) mass is 643 g/mol. The molecule has 0 fully saturated rings. The van der Waals surface area contributed by atoms with Crippen LogP contribution in [0.2, 0.25) is 5.02 Å².